The van der Waals surface area contributed by atoms with Gasteiger partial charge in [0.05, 0.1) is 5.52 Å². The molecule has 1 aromatic heterocycles. The Bertz CT molecular complexity index is 866. The molecule has 1 fully saturated rings. The summed E-state index contributed by atoms with van der Waals surface area (Å²) in [5, 5.41) is 17.9. The minimum absolute atomic E-state index is 0.558. The number of benzene rings is 1. The number of likely N-dealkylation sites (N-methyl/N-ethyl adjacent to an activating group) is 1. The van der Waals surface area contributed by atoms with Crippen LogP contribution in [0.2, 0.25) is 0 Å². The summed E-state index contributed by atoms with van der Waals surface area (Å²) in [7, 11) is 2.17. The first kappa shape index (κ1) is 23.6. The molecule has 1 aliphatic heterocycles. The van der Waals surface area contributed by atoms with Gasteiger partial charge in [0.1, 0.15) is 5.03 Å². The lowest BCUT2D eigenvalue weighted by molar-refractivity contribution is -0.134. The first-order valence-corrected chi connectivity index (χ1v) is 10.9. The highest BCUT2D eigenvalue weighted by atomic mass is 32.2. The Balaban J connectivity index is 0.000000343. The Hall–Kier alpha value is -2.65. The maximum atomic E-state index is 9.55. The van der Waals surface area contributed by atoms with Crippen molar-refractivity contribution in [2.75, 3.05) is 43.9 Å². The topological polar surface area (TPSA) is 107 Å². The summed E-state index contributed by atoms with van der Waals surface area (Å²) in [4.78, 5) is 33.5. The average Bonchev–Trinajstić information content (AvgIpc) is 2.73. The Morgan fingerprint density at radius 1 is 1.07 bits per heavy atom. The molecule has 0 amide bonds. The van der Waals surface area contributed by atoms with E-state index in [0.717, 1.165) is 48.4 Å². The van der Waals surface area contributed by atoms with Crippen molar-refractivity contribution in [3.63, 3.8) is 0 Å². The normalized spacial score (nSPS) is 14.5. The second-order valence-corrected chi connectivity index (χ2v) is 7.93. The molecule has 162 valence electrons. The molecule has 2 aromatic rings. The number of fused-ring (bicyclic) bond motifs is 1. The van der Waals surface area contributed by atoms with Gasteiger partial charge < -0.3 is 20.0 Å². The fraction of sp³-hybridized carbons (Fsp3) is 0.429. The number of aromatic nitrogens is 2. The molecule has 9 heteroatoms. The number of aliphatic carboxylic acids is 2. The summed E-state index contributed by atoms with van der Waals surface area (Å²) < 4.78 is 0. The second kappa shape index (κ2) is 12.1. The molecule has 2 heterocycles. The van der Waals surface area contributed by atoms with Gasteiger partial charge in [0.25, 0.3) is 0 Å². The zero-order valence-electron chi connectivity index (χ0n) is 17.3. The summed E-state index contributed by atoms with van der Waals surface area (Å²) in [6, 6.07) is 8.37. The number of carboxylic acids is 2. The van der Waals surface area contributed by atoms with E-state index in [4.69, 9.17) is 20.2 Å². The van der Waals surface area contributed by atoms with Gasteiger partial charge in [0.2, 0.25) is 5.95 Å². The predicted molar refractivity (Wildman–Crippen MR) is 119 cm³/mol. The highest BCUT2D eigenvalue weighted by Crippen LogP contribution is 2.28. The molecule has 8 nitrogen and oxygen atoms in total. The molecule has 3 rings (SSSR count). The number of anilines is 1. The van der Waals surface area contributed by atoms with Crippen molar-refractivity contribution in [1.82, 2.24) is 14.9 Å². The van der Waals surface area contributed by atoms with Crippen LogP contribution in [0.5, 0.6) is 0 Å². The van der Waals surface area contributed by atoms with E-state index in [2.05, 4.69) is 48.0 Å². The monoisotopic (exact) mass is 432 g/mol. The van der Waals surface area contributed by atoms with Crippen LogP contribution in [0, 0.1) is 0 Å². The Morgan fingerprint density at radius 3 is 2.30 bits per heavy atom. The van der Waals surface area contributed by atoms with Gasteiger partial charge in [-0.25, -0.2) is 19.6 Å². The largest absolute Gasteiger partial charge is 0.478 e. The number of rotatable bonds is 7. The molecule has 30 heavy (non-hydrogen) atoms. The number of nitrogens with zero attached hydrogens (tertiary/aromatic N) is 4. The number of para-hydroxylation sites is 1. The van der Waals surface area contributed by atoms with E-state index in [1.807, 2.05) is 11.8 Å². The van der Waals surface area contributed by atoms with Gasteiger partial charge in [0.15, 0.2) is 0 Å². The predicted octanol–water partition coefficient (Wildman–Crippen LogP) is 2.99. The highest BCUT2D eigenvalue weighted by Gasteiger charge is 2.18. The van der Waals surface area contributed by atoms with Crippen LogP contribution in [0.4, 0.5) is 5.95 Å². The first-order chi connectivity index (χ1) is 14.4. The lowest BCUT2D eigenvalue weighted by atomic mass is 10.2. The third-order valence-corrected chi connectivity index (χ3v) is 5.53. The number of hydrogen-bond acceptors (Lipinski definition) is 7. The number of carbonyl (C=O) groups is 2. The molecule has 0 bridgehead atoms. The zero-order chi connectivity index (χ0) is 21.9. The van der Waals surface area contributed by atoms with Gasteiger partial charge in [0, 0.05) is 43.7 Å². The molecular weight excluding hydrogens is 404 g/mol. The lowest BCUT2D eigenvalue weighted by Crippen LogP contribution is -2.45. The third-order valence-electron chi connectivity index (χ3n) is 4.45. The number of thioether (sulfide) groups is 1. The van der Waals surface area contributed by atoms with Crippen LogP contribution in [0.1, 0.15) is 19.8 Å². The minimum Gasteiger partial charge on any atom is -0.478 e. The molecule has 0 radical (unpaired) electrons. The smallest absolute Gasteiger partial charge is 0.328 e. The van der Waals surface area contributed by atoms with Crippen molar-refractivity contribution in [2.24, 2.45) is 0 Å². The van der Waals surface area contributed by atoms with Crippen LogP contribution >= 0.6 is 11.8 Å². The SMILES string of the molecule is CCCCSc1nc(N2CCN(C)CC2)nc2ccccc12.O=C(O)C=CC(=O)O. The van der Waals surface area contributed by atoms with Crippen LogP contribution in [-0.4, -0.2) is 76.0 Å². The number of hydrogen-bond donors (Lipinski definition) is 2. The summed E-state index contributed by atoms with van der Waals surface area (Å²) in [5.74, 6) is -0.495. The van der Waals surface area contributed by atoms with Crippen molar-refractivity contribution < 1.29 is 19.8 Å². The molecular formula is C21H28N4O4S. The minimum atomic E-state index is -1.26. The van der Waals surface area contributed by atoms with Crippen molar-refractivity contribution in [2.45, 2.75) is 24.8 Å². The molecule has 2 N–H and O–H groups in total. The van der Waals surface area contributed by atoms with E-state index in [0.29, 0.717) is 12.2 Å². The standard InChI is InChI=1S/C17H24N4S.C4H4O4/c1-3-4-13-22-16-14-7-5-6-8-15(14)18-17(19-16)21-11-9-20(2)10-12-21;5-3(6)1-2-4(7)8/h5-8H,3-4,9-13H2,1-2H3;1-2H,(H,5,6)(H,7,8). The molecule has 0 atom stereocenters. The van der Waals surface area contributed by atoms with Gasteiger partial charge in [-0.05, 0) is 25.3 Å². The summed E-state index contributed by atoms with van der Waals surface area (Å²) in [5.41, 5.74) is 1.06. The highest BCUT2D eigenvalue weighted by molar-refractivity contribution is 7.99. The van der Waals surface area contributed by atoms with E-state index < -0.39 is 11.9 Å². The Morgan fingerprint density at radius 2 is 1.70 bits per heavy atom. The van der Waals surface area contributed by atoms with Gasteiger partial charge in [-0.3, -0.25) is 0 Å². The van der Waals surface area contributed by atoms with Crippen LogP contribution in [0.3, 0.4) is 0 Å². The molecule has 1 aliphatic rings. The molecule has 0 aliphatic carbocycles. The summed E-state index contributed by atoms with van der Waals surface area (Å²) >= 11 is 1.87. The fourth-order valence-electron chi connectivity index (χ4n) is 2.75. The zero-order valence-corrected chi connectivity index (χ0v) is 18.1. The van der Waals surface area contributed by atoms with Crippen molar-refractivity contribution in [3.8, 4) is 0 Å². The molecule has 1 aromatic carbocycles. The maximum Gasteiger partial charge on any atom is 0.328 e. The van der Waals surface area contributed by atoms with Gasteiger partial charge in [-0.15, -0.1) is 11.8 Å². The molecule has 0 saturated carbocycles. The van der Waals surface area contributed by atoms with Crippen molar-refractivity contribution in [1.29, 1.82) is 0 Å². The summed E-state index contributed by atoms with van der Waals surface area (Å²) in [6.07, 6.45) is 3.57. The van der Waals surface area contributed by atoms with Crippen LogP contribution in [0.25, 0.3) is 10.9 Å². The molecule has 0 unspecified atom stereocenters. The number of unbranched alkanes of at least 4 members (excludes halogenated alkanes) is 1. The van der Waals surface area contributed by atoms with Gasteiger partial charge >= 0.3 is 11.9 Å². The van der Waals surface area contributed by atoms with E-state index in [-0.39, 0.29) is 0 Å². The van der Waals surface area contributed by atoms with Crippen molar-refractivity contribution >= 4 is 40.6 Å². The van der Waals surface area contributed by atoms with Crippen molar-refractivity contribution in [3.05, 3.63) is 36.4 Å². The van der Waals surface area contributed by atoms with Crippen LogP contribution in [-0.2, 0) is 9.59 Å². The van der Waals surface area contributed by atoms with E-state index in [1.165, 1.54) is 18.2 Å². The summed E-state index contributed by atoms with van der Waals surface area (Å²) in [6.45, 7) is 6.40. The van der Waals surface area contributed by atoms with Gasteiger partial charge in [-0.2, -0.15) is 0 Å². The number of piperazine rings is 1. The first-order valence-electron chi connectivity index (χ1n) is 9.87. The van der Waals surface area contributed by atoms with Gasteiger partial charge in [-0.1, -0.05) is 31.5 Å². The second-order valence-electron chi connectivity index (χ2n) is 6.85. The van der Waals surface area contributed by atoms with E-state index >= 15 is 0 Å². The fourth-order valence-corrected chi connectivity index (χ4v) is 3.85. The molecule has 0 spiro atoms. The van der Waals surface area contributed by atoms with Crippen LogP contribution < -0.4 is 4.90 Å². The lowest BCUT2D eigenvalue weighted by Gasteiger charge is -2.32. The van der Waals surface area contributed by atoms with E-state index in [1.54, 1.807) is 0 Å². The number of carboxylic acid groups (broad SMARTS) is 2. The Kier molecular flexibility index (Phi) is 9.56. The van der Waals surface area contributed by atoms with E-state index in [9.17, 15) is 9.59 Å². The Labute approximate surface area is 180 Å². The average molecular weight is 433 g/mol. The third kappa shape index (κ3) is 7.64. The maximum absolute atomic E-state index is 9.55. The quantitative estimate of drug-likeness (QED) is 0.295. The van der Waals surface area contributed by atoms with Crippen LogP contribution in [0.15, 0.2) is 41.4 Å². The molecule has 1 saturated heterocycles.